The van der Waals surface area contributed by atoms with Gasteiger partial charge >= 0.3 is 0 Å². The molecular weight excluding hydrogens is 294 g/mol. The van der Waals surface area contributed by atoms with Crippen molar-refractivity contribution in [2.24, 2.45) is 0 Å². The minimum Gasteiger partial charge on any atom is -0.496 e. The third-order valence-electron chi connectivity index (χ3n) is 4.89. The zero-order valence-electron chi connectivity index (χ0n) is 14.2. The van der Waals surface area contributed by atoms with E-state index in [2.05, 4.69) is 6.07 Å². The molecule has 5 nitrogen and oxygen atoms in total. The van der Waals surface area contributed by atoms with Crippen LogP contribution in [-0.4, -0.2) is 50.0 Å². The topological polar surface area (TPSA) is 48.0 Å². The van der Waals surface area contributed by atoms with E-state index < -0.39 is 5.79 Å². The van der Waals surface area contributed by atoms with E-state index >= 15 is 0 Å². The number of ether oxygens (including phenoxy) is 3. The largest absolute Gasteiger partial charge is 0.496 e. The van der Waals surface area contributed by atoms with E-state index in [1.54, 1.807) is 7.11 Å². The Morgan fingerprint density at radius 2 is 1.83 bits per heavy atom. The molecule has 0 saturated carbocycles. The molecule has 1 amide bonds. The summed E-state index contributed by atoms with van der Waals surface area (Å²) in [4.78, 5) is 14.5. The molecule has 0 aromatic heterocycles. The Morgan fingerprint density at radius 3 is 2.43 bits per heavy atom. The van der Waals surface area contributed by atoms with Gasteiger partial charge in [-0.3, -0.25) is 4.79 Å². The Hall–Kier alpha value is -1.59. The first-order valence-electron chi connectivity index (χ1n) is 8.23. The number of piperidine rings is 1. The lowest BCUT2D eigenvalue weighted by atomic mass is 9.99. The standard InChI is InChI=1S/C18H25NO4/c1-13-11-16(21-3)14(2)10-15(13)12-17(20)19-6-4-18(5-7-19)22-8-9-23-18/h10-11H,4-9,12H2,1-3H3. The molecule has 1 aromatic rings. The fourth-order valence-corrected chi connectivity index (χ4v) is 3.42. The highest BCUT2D eigenvalue weighted by atomic mass is 16.7. The van der Waals surface area contributed by atoms with E-state index in [0.717, 1.165) is 35.3 Å². The summed E-state index contributed by atoms with van der Waals surface area (Å²) >= 11 is 0. The van der Waals surface area contributed by atoms with Gasteiger partial charge in [0.2, 0.25) is 5.91 Å². The molecule has 23 heavy (non-hydrogen) atoms. The summed E-state index contributed by atoms with van der Waals surface area (Å²) in [5.41, 5.74) is 3.23. The lowest BCUT2D eigenvalue weighted by Crippen LogP contribution is -2.47. The van der Waals surface area contributed by atoms with Crippen molar-refractivity contribution in [3.8, 4) is 5.75 Å². The summed E-state index contributed by atoms with van der Waals surface area (Å²) in [6.45, 7) is 6.76. The third-order valence-corrected chi connectivity index (χ3v) is 4.89. The molecule has 0 aliphatic carbocycles. The molecule has 3 rings (SSSR count). The lowest BCUT2D eigenvalue weighted by molar-refractivity contribution is -0.187. The van der Waals surface area contributed by atoms with Crippen LogP contribution in [0.5, 0.6) is 5.75 Å². The molecule has 0 radical (unpaired) electrons. The van der Waals surface area contributed by atoms with E-state index in [4.69, 9.17) is 14.2 Å². The first-order valence-corrected chi connectivity index (χ1v) is 8.23. The summed E-state index contributed by atoms with van der Waals surface area (Å²) in [5.74, 6) is 0.614. The number of carbonyl (C=O) groups excluding carboxylic acids is 1. The summed E-state index contributed by atoms with van der Waals surface area (Å²) in [7, 11) is 1.67. The molecule has 2 heterocycles. The second kappa shape index (κ2) is 6.49. The highest BCUT2D eigenvalue weighted by molar-refractivity contribution is 5.79. The van der Waals surface area contributed by atoms with Gasteiger partial charge in [-0.25, -0.2) is 0 Å². The summed E-state index contributed by atoms with van der Waals surface area (Å²) in [6, 6.07) is 4.06. The van der Waals surface area contributed by atoms with Gasteiger partial charge in [-0.05, 0) is 36.6 Å². The molecule has 0 N–H and O–H groups in total. The second-order valence-corrected chi connectivity index (χ2v) is 6.41. The Morgan fingerprint density at radius 1 is 1.17 bits per heavy atom. The fourth-order valence-electron chi connectivity index (χ4n) is 3.42. The average molecular weight is 319 g/mol. The number of rotatable bonds is 3. The molecule has 2 saturated heterocycles. The normalized spacial score (nSPS) is 20.0. The molecule has 0 bridgehead atoms. The molecule has 2 fully saturated rings. The third kappa shape index (κ3) is 3.35. The Balaban J connectivity index is 1.63. The van der Waals surface area contributed by atoms with Crippen molar-refractivity contribution >= 4 is 5.91 Å². The van der Waals surface area contributed by atoms with E-state index in [1.165, 1.54) is 0 Å². The van der Waals surface area contributed by atoms with E-state index in [1.807, 2.05) is 24.8 Å². The number of aryl methyl sites for hydroxylation is 2. The van der Waals surface area contributed by atoms with Gasteiger partial charge in [0.05, 0.1) is 26.7 Å². The molecule has 1 spiro atoms. The summed E-state index contributed by atoms with van der Waals surface area (Å²) in [5, 5.41) is 0. The molecule has 0 unspecified atom stereocenters. The van der Waals surface area contributed by atoms with Crippen molar-refractivity contribution in [3.63, 3.8) is 0 Å². The number of carbonyl (C=O) groups is 1. The van der Waals surface area contributed by atoms with Crippen LogP contribution in [0.3, 0.4) is 0 Å². The summed E-state index contributed by atoms with van der Waals surface area (Å²) < 4.78 is 16.8. The Bertz CT molecular complexity index is 583. The van der Waals surface area contributed by atoms with Crippen molar-refractivity contribution in [3.05, 3.63) is 28.8 Å². The number of likely N-dealkylation sites (tertiary alicyclic amines) is 1. The van der Waals surface area contributed by atoms with E-state index in [0.29, 0.717) is 32.7 Å². The zero-order valence-corrected chi connectivity index (χ0v) is 14.2. The maximum atomic E-state index is 12.6. The smallest absolute Gasteiger partial charge is 0.227 e. The van der Waals surface area contributed by atoms with Gasteiger partial charge in [0, 0.05) is 25.9 Å². The number of hydrogen-bond donors (Lipinski definition) is 0. The quantitative estimate of drug-likeness (QED) is 0.857. The second-order valence-electron chi connectivity index (χ2n) is 6.41. The minimum absolute atomic E-state index is 0.172. The van der Waals surface area contributed by atoms with Gasteiger partial charge in [-0.15, -0.1) is 0 Å². The van der Waals surface area contributed by atoms with E-state index in [-0.39, 0.29) is 5.91 Å². The number of hydrogen-bond acceptors (Lipinski definition) is 4. The van der Waals surface area contributed by atoms with Gasteiger partial charge in [0.15, 0.2) is 5.79 Å². The first-order chi connectivity index (χ1) is 11.0. The molecule has 126 valence electrons. The van der Waals surface area contributed by atoms with Crippen molar-refractivity contribution in [1.82, 2.24) is 4.90 Å². The maximum absolute atomic E-state index is 12.6. The van der Waals surface area contributed by atoms with Crippen molar-refractivity contribution in [2.45, 2.75) is 38.9 Å². The monoisotopic (exact) mass is 319 g/mol. The summed E-state index contributed by atoms with van der Waals surface area (Å²) in [6.07, 6.45) is 1.96. The highest BCUT2D eigenvalue weighted by Gasteiger charge is 2.40. The predicted octanol–water partition coefficient (Wildman–Crippen LogP) is 2.22. The number of amides is 1. The van der Waals surface area contributed by atoms with Crippen molar-refractivity contribution < 1.29 is 19.0 Å². The van der Waals surface area contributed by atoms with Crippen molar-refractivity contribution in [1.29, 1.82) is 0 Å². The van der Waals surface area contributed by atoms with Gasteiger partial charge in [0.1, 0.15) is 5.75 Å². The zero-order chi connectivity index (χ0) is 16.4. The van der Waals surface area contributed by atoms with Crippen LogP contribution >= 0.6 is 0 Å². The number of benzene rings is 1. The van der Waals surface area contributed by atoms with Crippen LogP contribution in [0.1, 0.15) is 29.5 Å². The molecule has 1 aromatic carbocycles. The molecule has 2 aliphatic heterocycles. The SMILES string of the molecule is COc1cc(C)c(CC(=O)N2CCC3(CC2)OCCO3)cc1C. The molecular formula is C18H25NO4. The first kappa shape index (κ1) is 16.3. The van der Waals surface area contributed by atoms with Crippen LogP contribution in [-0.2, 0) is 20.7 Å². The van der Waals surface area contributed by atoms with Gasteiger partial charge in [0.25, 0.3) is 0 Å². The number of methoxy groups -OCH3 is 1. The highest BCUT2D eigenvalue weighted by Crippen LogP contribution is 2.31. The predicted molar refractivity (Wildman–Crippen MR) is 86.6 cm³/mol. The Labute approximate surface area is 137 Å². The molecule has 0 atom stereocenters. The van der Waals surface area contributed by atoms with Gasteiger partial charge in [-0.1, -0.05) is 6.07 Å². The Kier molecular flexibility index (Phi) is 4.60. The molecule has 5 heteroatoms. The van der Waals surface area contributed by atoms with Gasteiger partial charge < -0.3 is 19.1 Å². The fraction of sp³-hybridized carbons (Fsp3) is 0.611. The lowest BCUT2D eigenvalue weighted by Gasteiger charge is -2.37. The minimum atomic E-state index is -0.427. The van der Waals surface area contributed by atoms with Crippen LogP contribution in [0, 0.1) is 13.8 Å². The molecule has 2 aliphatic rings. The van der Waals surface area contributed by atoms with Crippen LogP contribution in [0.4, 0.5) is 0 Å². The van der Waals surface area contributed by atoms with Crippen LogP contribution < -0.4 is 4.74 Å². The number of nitrogens with zero attached hydrogens (tertiary/aromatic N) is 1. The van der Waals surface area contributed by atoms with Crippen LogP contribution in [0.15, 0.2) is 12.1 Å². The van der Waals surface area contributed by atoms with Crippen LogP contribution in [0.25, 0.3) is 0 Å². The average Bonchev–Trinajstić information content (AvgIpc) is 2.99. The maximum Gasteiger partial charge on any atom is 0.227 e. The van der Waals surface area contributed by atoms with Gasteiger partial charge in [-0.2, -0.15) is 0 Å². The van der Waals surface area contributed by atoms with Crippen molar-refractivity contribution in [2.75, 3.05) is 33.4 Å². The van der Waals surface area contributed by atoms with E-state index in [9.17, 15) is 4.79 Å². The van der Waals surface area contributed by atoms with Crippen LogP contribution in [0.2, 0.25) is 0 Å².